The second-order valence-electron chi connectivity index (χ2n) is 4.02. The van der Waals surface area contributed by atoms with E-state index in [9.17, 15) is 5.26 Å². The Hall–Kier alpha value is -2.25. The van der Waals surface area contributed by atoms with Crippen LogP contribution in [0, 0.1) is 11.3 Å². The minimum Gasteiger partial charge on any atom is -0.494 e. The molecule has 0 aliphatic rings. The van der Waals surface area contributed by atoms with Crippen molar-refractivity contribution in [1.82, 2.24) is 5.32 Å². The van der Waals surface area contributed by atoms with Crippen molar-refractivity contribution in [2.45, 2.75) is 19.5 Å². The van der Waals surface area contributed by atoms with Gasteiger partial charge in [-0.05, 0) is 36.8 Å². The molecule has 2 aromatic rings. The number of hydrogen-bond acceptors (Lipinski definition) is 4. The van der Waals surface area contributed by atoms with Gasteiger partial charge in [0.2, 0.25) is 0 Å². The van der Waals surface area contributed by atoms with Gasteiger partial charge in [0, 0.05) is 0 Å². The summed E-state index contributed by atoms with van der Waals surface area (Å²) in [6.45, 7) is 3.10. The van der Waals surface area contributed by atoms with Crippen molar-refractivity contribution in [2.75, 3.05) is 6.61 Å². The van der Waals surface area contributed by atoms with Crippen LogP contribution in [0.25, 0.3) is 0 Å². The van der Waals surface area contributed by atoms with Crippen LogP contribution >= 0.6 is 0 Å². The Labute approximate surface area is 112 Å². The molecule has 1 atom stereocenters. The molecule has 1 aromatic heterocycles. The third kappa shape index (κ3) is 3.60. The van der Waals surface area contributed by atoms with Crippen molar-refractivity contribution in [3.8, 4) is 11.8 Å². The van der Waals surface area contributed by atoms with Crippen LogP contribution in [0.15, 0.2) is 47.1 Å². The molecule has 98 valence electrons. The maximum atomic E-state index is 9.21. The molecule has 0 aliphatic carbocycles. The first-order chi connectivity index (χ1) is 9.33. The van der Waals surface area contributed by atoms with Gasteiger partial charge in [-0.1, -0.05) is 12.1 Å². The lowest BCUT2D eigenvalue weighted by Crippen LogP contribution is -2.19. The van der Waals surface area contributed by atoms with Gasteiger partial charge in [-0.25, -0.2) is 0 Å². The zero-order valence-electron chi connectivity index (χ0n) is 10.8. The number of benzene rings is 1. The molecule has 0 saturated carbocycles. The van der Waals surface area contributed by atoms with Crippen LogP contribution in [-0.2, 0) is 6.54 Å². The number of nitrogens with one attached hydrogen (secondary N) is 1. The van der Waals surface area contributed by atoms with Gasteiger partial charge in [0.05, 0.1) is 25.5 Å². The molecule has 1 N–H and O–H groups in total. The van der Waals surface area contributed by atoms with Crippen LogP contribution in [0.5, 0.6) is 5.75 Å². The molecule has 0 radical (unpaired) electrons. The first-order valence-corrected chi connectivity index (χ1v) is 6.21. The summed E-state index contributed by atoms with van der Waals surface area (Å²) in [4.78, 5) is 0. The van der Waals surface area contributed by atoms with Gasteiger partial charge >= 0.3 is 0 Å². The van der Waals surface area contributed by atoms with E-state index < -0.39 is 0 Å². The lowest BCUT2D eigenvalue weighted by molar-refractivity contribution is 0.340. The summed E-state index contributed by atoms with van der Waals surface area (Å²) in [6, 6.07) is 13.1. The molecule has 0 aliphatic heterocycles. The van der Waals surface area contributed by atoms with E-state index in [-0.39, 0.29) is 6.04 Å². The van der Waals surface area contributed by atoms with Crippen molar-refractivity contribution in [1.29, 1.82) is 5.26 Å². The van der Waals surface area contributed by atoms with Gasteiger partial charge in [-0.2, -0.15) is 5.26 Å². The molecule has 0 fully saturated rings. The molecule has 19 heavy (non-hydrogen) atoms. The van der Waals surface area contributed by atoms with E-state index >= 15 is 0 Å². The highest BCUT2D eigenvalue weighted by atomic mass is 16.5. The fourth-order valence-corrected chi connectivity index (χ4v) is 1.78. The highest BCUT2D eigenvalue weighted by Gasteiger charge is 2.10. The second kappa shape index (κ2) is 6.62. The third-order valence-electron chi connectivity index (χ3n) is 2.71. The Balaban J connectivity index is 1.99. The van der Waals surface area contributed by atoms with Gasteiger partial charge in [0.1, 0.15) is 17.6 Å². The molecule has 0 amide bonds. The molecule has 4 nitrogen and oxygen atoms in total. The summed E-state index contributed by atoms with van der Waals surface area (Å²) in [6.07, 6.45) is 1.62. The van der Waals surface area contributed by atoms with Crippen LogP contribution in [0.2, 0.25) is 0 Å². The van der Waals surface area contributed by atoms with Gasteiger partial charge in [0.25, 0.3) is 0 Å². The minimum atomic E-state index is -0.360. The standard InChI is InChI=1S/C15H16N2O2/c1-2-18-13-7-5-12(6-8-13)15(10-16)17-11-14-4-3-9-19-14/h3-9,15,17H,2,11H2,1H3. The van der Waals surface area contributed by atoms with Crippen molar-refractivity contribution in [2.24, 2.45) is 0 Å². The first kappa shape index (κ1) is 13.2. The highest BCUT2D eigenvalue weighted by Crippen LogP contribution is 2.18. The Kier molecular flexibility index (Phi) is 4.60. The molecular formula is C15H16N2O2. The number of hydrogen-bond donors (Lipinski definition) is 1. The van der Waals surface area contributed by atoms with Crippen LogP contribution in [-0.4, -0.2) is 6.61 Å². The summed E-state index contributed by atoms with van der Waals surface area (Å²) in [5, 5.41) is 12.4. The Morgan fingerprint density at radius 3 is 2.68 bits per heavy atom. The number of furan rings is 1. The molecule has 4 heteroatoms. The molecular weight excluding hydrogens is 240 g/mol. The number of rotatable bonds is 6. The largest absolute Gasteiger partial charge is 0.494 e. The lowest BCUT2D eigenvalue weighted by atomic mass is 10.1. The average molecular weight is 256 g/mol. The molecule has 1 unspecified atom stereocenters. The molecule has 2 rings (SSSR count). The monoisotopic (exact) mass is 256 g/mol. The SMILES string of the molecule is CCOc1ccc(C(C#N)NCc2ccco2)cc1. The fraction of sp³-hybridized carbons (Fsp3) is 0.267. The van der Waals surface area contributed by atoms with E-state index in [0.29, 0.717) is 13.2 Å². The molecule has 1 heterocycles. The summed E-state index contributed by atoms with van der Waals surface area (Å²) < 4.78 is 10.6. The smallest absolute Gasteiger partial charge is 0.121 e. The van der Waals surface area contributed by atoms with Crippen LogP contribution in [0.3, 0.4) is 0 Å². The zero-order chi connectivity index (χ0) is 13.5. The molecule has 0 saturated heterocycles. The number of nitrogens with zero attached hydrogens (tertiary/aromatic N) is 1. The average Bonchev–Trinajstić information content (AvgIpc) is 2.95. The third-order valence-corrected chi connectivity index (χ3v) is 2.71. The predicted molar refractivity (Wildman–Crippen MR) is 71.5 cm³/mol. The van der Waals surface area contributed by atoms with E-state index in [4.69, 9.17) is 9.15 Å². The maximum absolute atomic E-state index is 9.21. The summed E-state index contributed by atoms with van der Waals surface area (Å²) in [5.41, 5.74) is 0.914. The zero-order valence-corrected chi connectivity index (χ0v) is 10.8. The number of nitriles is 1. The first-order valence-electron chi connectivity index (χ1n) is 6.21. The van der Waals surface area contributed by atoms with Gasteiger partial charge < -0.3 is 9.15 Å². The normalized spacial score (nSPS) is 11.8. The summed E-state index contributed by atoms with van der Waals surface area (Å²) in [5.74, 6) is 1.63. The van der Waals surface area contributed by atoms with Crippen molar-refractivity contribution in [3.05, 3.63) is 54.0 Å². The predicted octanol–water partition coefficient (Wildman–Crippen LogP) is 3.03. The molecule has 0 bridgehead atoms. The topological polar surface area (TPSA) is 58.2 Å². The van der Waals surface area contributed by atoms with E-state index in [1.54, 1.807) is 6.26 Å². The van der Waals surface area contributed by atoms with Crippen molar-refractivity contribution in [3.63, 3.8) is 0 Å². The molecule has 1 aromatic carbocycles. The quantitative estimate of drug-likeness (QED) is 0.863. The highest BCUT2D eigenvalue weighted by molar-refractivity contribution is 5.31. The van der Waals surface area contributed by atoms with Gasteiger partial charge in [-0.15, -0.1) is 0 Å². The van der Waals surface area contributed by atoms with Gasteiger partial charge in [0.15, 0.2) is 0 Å². The summed E-state index contributed by atoms with van der Waals surface area (Å²) >= 11 is 0. The summed E-state index contributed by atoms with van der Waals surface area (Å²) in [7, 11) is 0. The minimum absolute atomic E-state index is 0.360. The van der Waals surface area contributed by atoms with E-state index in [1.807, 2.05) is 43.3 Å². The van der Waals surface area contributed by atoms with Crippen LogP contribution < -0.4 is 10.1 Å². The van der Waals surface area contributed by atoms with E-state index in [1.165, 1.54) is 0 Å². The van der Waals surface area contributed by atoms with Crippen LogP contribution in [0.1, 0.15) is 24.3 Å². The van der Waals surface area contributed by atoms with Crippen LogP contribution in [0.4, 0.5) is 0 Å². The van der Waals surface area contributed by atoms with Crippen molar-refractivity contribution < 1.29 is 9.15 Å². The molecule has 0 spiro atoms. The number of ether oxygens (including phenoxy) is 1. The Bertz CT molecular complexity index is 526. The maximum Gasteiger partial charge on any atom is 0.121 e. The lowest BCUT2D eigenvalue weighted by Gasteiger charge is -2.11. The second-order valence-corrected chi connectivity index (χ2v) is 4.02. The van der Waals surface area contributed by atoms with Gasteiger partial charge in [-0.3, -0.25) is 5.32 Å². The van der Waals surface area contributed by atoms with E-state index in [0.717, 1.165) is 17.1 Å². The Morgan fingerprint density at radius 1 is 1.32 bits per heavy atom. The Morgan fingerprint density at radius 2 is 2.11 bits per heavy atom. The van der Waals surface area contributed by atoms with Crippen molar-refractivity contribution >= 4 is 0 Å². The van der Waals surface area contributed by atoms with E-state index in [2.05, 4.69) is 11.4 Å². The fourth-order valence-electron chi connectivity index (χ4n) is 1.78.